The molecule has 1 aromatic carbocycles. The molecule has 3 heteroatoms. The highest BCUT2D eigenvalue weighted by molar-refractivity contribution is 6.01. The molecule has 0 radical (unpaired) electrons. The Labute approximate surface area is 115 Å². The summed E-state index contributed by atoms with van der Waals surface area (Å²) in [6, 6.07) is 9.02. The number of amides is 1. The van der Waals surface area contributed by atoms with E-state index in [0.29, 0.717) is 24.5 Å². The summed E-state index contributed by atoms with van der Waals surface area (Å²) in [5, 5.41) is 0. The number of carbonyl (C=O) groups excluding carboxylic acids is 1. The van der Waals surface area contributed by atoms with E-state index >= 15 is 0 Å². The number of benzene rings is 1. The van der Waals surface area contributed by atoms with Gasteiger partial charge in [-0.1, -0.05) is 50.6 Å². The molecule has 0 fully saturated rings. The number of allylic oxidation sites excluding steroid dienone is 1. The highest BCUT2D eigenvalue weighted by Gasteiger charge is 2.05. The molecule has 0 aromatic heterocycles. The van der Waals surface area contributed by atoms with Crippen molar-refractivity contribution in [1.82, 2.24) is 0 Å². The largest absolute Gasteiger partial charge is 0.476 e. The van der Waals surface area contributed by atoms with Gasteiger partial charge in [-0.05, 0) is 18.6 Å². The minimum absolute atomic E-state index is 0.255. The first-order chi connectivity index (χ1) is 9.27. The fourth-order valence-electron chi connectivity index (χ4n) is 1.47. The van der Waals surface area contributed by atoms with Crippen LogP contribution in [0.5, 0.6) is 0 Å². The van der Waals surface area contributed by atoms with Gasteiger partial charge in [0, 0.05) is 12.0 Å². The third-order valence-electron chi connectivity index (χ3n) is 2.52. The zero-order chi connectivity index (χ0) is 13.9. The topological polar surface area (TPSA) is 38.7 Å². The molecule has 1 aromatic rings. The number of ether oxygens (including phenoxy) is 1. The zero-order valence-electron chi connectivity index (χ0n) is 11.6. The van der Waals surface area contributed by atoms with Crippen LogP contribution in [0.4, 0.5) is 0 Å². The van der Waals surface area contributed by atoms with Gasteiger partial charge in [-0.25, -0.2) is 0 Å². The van der Waals surface area contributed by atoms with E-state index in [0.717, 1.165) is 12.8 Å². The molecule has 0 aliphatic heterocycles. The number of rotatable bonds is 6. The first kappa shape index (κ1) is 15.2. The van der Waals surface area contributed by atoms with Crippen molar-refractivity contribution < 1.29 is 9.53 Å². The van der Waals surface area contributed by atoms with Crippen molar-refractivity contribution in [2.24, 2.45) is 4.99 Å². The van der Waals surface area contributed by atoms with Crippen molar-refractivity contribution in [2.45, 2.75) is 33.1 Å². The highest BCUT2D eigenvalue weighted by Crippen LogP contribution is 2.02. The summed E-state index contributed by atoms with van der Waals surface area (Å²) in [5.74, 6) is 0.227. The molecule has 102 valence electrons. The number of hydrogen-bond acceptors (Lipinski definition) is 2. The van der Waals surface area contributed by atoms with E-state index in [4.69, 9.17) is 4.74 Å². The van der Waals surface area contributed by atoms with Crippen LogP contribution in [-0.2, 0) is 4.74 Å². The van der Waals surface area contributed by atoms with Crippen LogP contribution in [0.25, 0.3) is 0 Å². The average Bonchev–Trinajstić information content (AvgIpc) is 2.46. The summed E-state index contributed by atoms with van der Waals surface area (Å²) < 4.78 is 5.47. The van der Waals surface area contributed by atoms with E-state index in [1.165, 1.54) is 0 Å². The van der Waals surface area contributed by atoms with E-state index in [2.05, 4.69) is 18.0 Å². The Morgan fingerprint density at radius 2 is 1.95 bits per heavy atom. The molecule has 0 bridgehead atoms. The molecule has 3 nitrogen and oxygen atoms in total. The molecule has 1 rings (SSSR count). The predicted octanol–water partition coefficient (Wildman–Crippen LogP) is 4.01. The van der Waals surface area contributed by atoms with Gasteiger partial charge in [-0.2, -0.15) is 4.99 Å². The third-order valence-corrected chi connectivity index (χ3v) is 2.52. The average molecular weight is 259 g/mol. The minimum atomic E-state index is -0.255. The van der Waals surface area contributed by atoms with E-state index in [1.807, 2.05) is 31.2 Å². The molecule has 0 aliphatic rings. The quantitative estimate of drug-likeness (QED) is 0.440. The second-order valence-corrected chi connectivity index (χ2v) is 4.10. The molecule has 19 heavy (non-hydrogen) atoms. The summed E-state index contributed by atoms with van der Waals surface area (Å²) in [7, 11) is 0. The lowest BCUT2D eigenvalue weighted by molar-refractivity contribution is 0.0999. The molecule has 1 amide bonds. The molecule has 0 N–H and O–H groups in total. The predicted molar refractivity (Wildman–Crippen MR) is 78.5 cm³/mol. The van der Waals surface area contributed by atoms with Crippen molar-refractivity contribution in [3.63, 3.8) is 0 Å². The highest BCUT2D eigenvalue weighted by atomic mass is 16.5. The minimum Gasteiger partial charge on any atom is -0.476 e. The number of hydrogen-bond donors (Lipinski definition) is 0. The van der Waals surface area contributed by atoms with Gasteiger partial charge in [0.15, 0.2) is 5.90 Å². The second-order valence-electron chi connectivity index (χ2n) is 4.10. The van der Waals surface area contributed by atoms with Gasteiger partial charge in [0.25, 0.3) is 5.91 Å². The molecule has 0 unspecified atom stereocenters. The Morgan fingerprint density at radius 1 is 1.21 bits per heavy atom. The second kappa shape index (κ2) is 9.09. The molecule has 0 saturated carbocycles. The summed E-state index contributed by atoms with van der Waals surface area (Å²) in [4.78, 5) is 15.9. The van der Waals surface area contributed by atoms with Crippen molar-refractivity contribution in [2.75, 3.05) is 6.61 Å². The summed E-state index contributed by atoms with van der Waals surface area (Å²) >= 11 is 0. The Hall–Kier alpha value is -1.90. The maximum atomic E-state index is 11.9. The van der Waals surface area contributed by atoms with E-state index in [-0.39, 0.29) is 5.91 Å². The van der Waals surface area contributed by atoms with E-state index < -0.39 is 0 Å². The fraction of sp³-hybridized carbons (Fsp3) is 0.375. The van der Waals surface area contributed by atoms with Gasteiger partial charge in [0.05, 0.1) is 0 Å². The van der Waals surface area contributed by atoms with Gasteiger partial charge in [-0.3, -0.25) is 4.79 Å². The lowest BCUT2D eigenvalue weighted by Gasteiger charge is -2.04. The Balaban J connectivity index is 2.54. The molecule has 0 spiro atoms. The third kappa shape index (κ3) is 6.00. The van der Waals surface area contributed by atoms with Crippen LogP contribution in [0.3, 0.4) is 0 Å². The Kier molecular flexibility index (Phi) is 7.25. The Morgan fingerprint density at radius 3 is 2.58 bits per heavy atom. The lowest BCUT2D eigenvalue weighted by atomic mass is 10.2. The maximum Gasteiger partial charge on any atom is 0.279 e. The van der Waals surface area contributed by atoms with E-state index in [1.54, 1.807) is 12.1 Å². The molecule has 0 heterocycles. The maximum absolute atomic E-state index is 11.9. The number of nitrogens with zero attached hydrogens (tertiary/aromatic N) is 1. The van der Waals surface area contributed by atoms with Gasteiger partial charge in [0.1, 0.15) is 6.61 Å². The first-order valence-electron chi connectivity index (χ1n) is 6.72. The monoisotopic (exact) mass is 259 g/mol. The first-order valence-corrected chi connectivity index (χ1v) is 6.72. The van der Waals surface area contributed by atoms with Gasteiger partial charge >= 0.3 is 0 Å². The van der Waals surface area contributed by atoms with Crippen LogP contribution in [0, 0.1) is 0 Å². The summed E-state index contributed by atoms with van der Waals surface area (Å²) in [5.41, 5.74) is 0.582. The van der Waals surface area contributed by atoms with Gasteiger partial charge in [-0.15, -0.1) is 0 Å². The summed E-state index contributed by atoms with van der Waals surface area (Å²) in [6.45, 7) is 4.52. The Bertz CT molecular complexity index is 435. The molecule has 0 saturated heterocycles. The number of unbranched alkanes of at least 4 members (excludes halogenated alkanes) is 1. The molecule has 0 atom stereocenters. The fourth-order valence-corrected chi connectivity index (χ4v) is 1.47. The lowest BCUT2D eigenvalue weighted by Crippen LogP contribution is -2.07. The van der Waals surface area contributed by atoms with Crippen molar-refractivity contribution in [3.05, 3.63) is 48.0 Å². The molecular weight excluding hydrogens is 238 g/mol. The van der Waals surface area contributed by atoms with Crippen LogP contribution in [0.15, 0.2) is 47.5 Å². The number of carbonyl (C=O) groups is 1. The van der Waals surface area contributed by atoms with Crippen LogP contribution < -0.4 is 0 Å². The van der Waals surface area contributed by atoms with Gasteiger partial charge < -0.3 is 4.74 Å². The normalized spacial score (nSPS) is 11.8. The van der Waals surface area contributed by atoms with Crippen molar-refractivity contribution in [1.29, 1.82) is 0 Å². The van der Waals surface area contributed by atoms with Crippen molar-refractivity contribution in [3.8, 4) is 0 Å². The smallest absolute Gasteiger partial charge is 0.279 e. The van der Waals surface area contributed by atoms with Crippen molar-refractivity contribution >= 4 is 11.8 Å². The zero-order valence-corrected chi connectivity index (χ0v) is 11.6. The van der Waals surface area contributed by atoms with Gasteiger partial charge in [0.2, 0.25) is 0 Å². The molecule has 0 aliphatic carbocycles. The SMILES string of the molecule is CCC/C=C/COC(CC)=NC(=O)c1ccccc1. The van der Waals surface area contributed by atoms with Crippen LogP contribution in [-0.4, -0.2) is 18.4 Å². The summed E-state index contributed by atoms with van der Waals surface area (Å²) in [6.07, 6.45) is 6.82. The van der Waals surface area contributed by atoms with Crippen LogP contribution in [0.1, 0.15) is 43.5 Å². The standard InChI is InChI=1S/C16H21NO2/c1-3-5-6-10-13-19-15(4-2)17-16(18)14-11-8-7-9-12-14/h6-12H,3-5,13H2,1-2H3/b10-6+,17-15?. The molecular formula is C16H21NO2. The number of aliphatic imine (C=N–C) groups is 1. The van der Waals surface area contributed by atoms with Crippen LogP contribution in [0.2, 0.25) is 0 Å². The van der Waals surface area contributed by atoms with Crippen LogP contribution >= 0.6 is 0 Å². The van der Waals surface area contributed by atoms with E-state index in [9.17, 15) is 4.79 Å².